The number of hydrogen-bond acceptors (Lipinski definition) is 5. The Kier molecular flexibility index (Phi) is 6.31. The molecule has 0 radical (unpaired) electrons. The zero-order valence-corrected chi connectivity index (χ0v) is 18.5. The second-order valence-corrected chi connectivity index (χ2v) is 9.92. The Hall–Kier alpha value is -2.42. The van der Waals surface area contributed by atoms with Crippen molar-refractivity contribution < 1.29 is 22.7 Å². The van der Waals surface area contributed by atoms with Crippen LogP contribution in [0.2, 0.25) is 5.02 Å². The zero-order valence-electron chi connectivity index (χ0n) is 16.9. The number of esters is 1. The smallest absolute Gasteiger partial charge is 0.338 e. The fraction of sp³-hybridized carbons (Fsp3) is 0.364. The highest BCUT2D eigenvalue weighted by atomic mass is 35.5. The van der Waals surface area contributed by atoms with E-state index in [-0.39, 0.29) is 21.4 Å². The first-order chi connectivity index (χ1) is 14.9. The van der Waals surface area contributed by atoms with Crippen molar-refractivity contribution in [1.82, 2.24) is 4.31 Å². The van der Waals surface area contributed by atoms with E-state index in [0.717, 1.165) is 36.9 Å². The first kappa shape index (κ1) is 21.8. The topological polar surface area (TPSA) is 84.0 Å². The lowest BCUT2D eigenvalue weighted by Crippen LogP contribution is -2.38. The van der Waals surface area contributed by atoms with Crippen LogP contribution in [0.3, 0.4) is 0 Å². The van der Waals surface area contributed by atoms with E-state index in [2.05, 4.69) is 0 Å². The number of fused-ring (bicyclic) bond motifs is 1. The predicted octanol–water partition coefficient (Wildman–Crippen LogP) is 3.26. The van der Waals surface area contributed by atoms with Gasteiger partial charge in [0.05, 0.1) is 10.6 Å². The molecule has 0 aliphatic carbocycles. The first-order valence-electron chi connectivity index (χ1n) is 10.2. The number of rotatable bonds is 5. The fourth-order valence-corrected chi connectivity index (χ4v) is 5.99. The number of ether oxygens (including phenoxy) is 1. The number of aryl methyl sites for hydroxylation is 1. The molecular formula is C22H23ClN2O5S. The van der Waals surface area contributed by atoms with E-state index >= 15 is 0 Å². The van der Waals surface area contributed by atoms with E-state index in [0.29, 0.717) is 19.6 Å². The highest BCUT2D eigenvalue weighted by molar-refractivity contribution is 7.89. The number of nitrogens with zero attached hydrogens (tertiary/aromatic N) is 2. The van der Waals surface area contributed by atoms with Crippen molar-refractivity contribution in [3.63, 3.8) is 0 Å². The van der Waals surface area contributed by atoms with Crippen molar-refractivity contribution in [3.05, 3.63) is 58.6 Å². The number of carbonyl (C=O) groups excluding carboxylic acids is 2. The van der Waals surface area contributed by atoms with E-state index in [9.17, 15) is 18.0 Å². The minimum Gasteiger partial charge on any atom is -0.452 e. The van der Waals surface area contributed by atoms with Crippen LogP contribution in [0.15, 0.2) is 47.4 Å². The average Bonchev–Trinajstić information content (AvgIpc) is 3.33. The SMILES string of the molecule is O=C(OCC(=O)N1CCCc2ccccc21)c1ccc(Cl)c(S(=O)(=O)N2CCCC2)c1. The van der Waals surface area contributed by atoms with Crippen LogP contribution in [0.1, 0.15) is 35.2 Å². The lowest BCUT2D eigenvalue weighted by atomic mass is 10.0. The van der Waals surface area contributed by atoms with Gasteiger partial charge in [-0.25, -0.2) is 13.2 Å². The Labute approximate surface area is 186 Å². The van der Waals surface area contributed by atoms with Crippen LogP contribution < -0.4 is 4.90 Å². The second-order valence-electron chi connectivity index (χ2n) is 7.61. The number of anilines is 1. The van der Waals surface area contributed by atoms with E-state index in [1.165, 1.54) is 22.5 Å². The van der Waals surface area contributed by atoms with Crippen LogP contribution >= 0.6 is 11.6 Å². The van der Waals surface area contributed by atoms with E-state index in [1.807, 2.05) is 24.3 Å². The zero-order chi connectivity index (χ0) is 22.0. The summed E-state index contributed by atoms with van der Waals surface area (Å²) < 4.78 is 32.3. The van der Waals surface area contributed by atoms with Crippen molar-refractivity contribution in [1.29, 1.82) is 0 Å². The van der Waals surface area contributed by atoms with Crippen molar-refractivity contribution in [3.8, 4) is 0 Å². The summed E-state index contributed by atoms with van der Waals surface area (Å²) in [6, 6.07) is 11.6. The lowest BCUT2D eigenvalue weighted by molar-refractivity contribution is -0.121. The van der Waals surface area contributed by atoms with Gasteiger partial charge in [-0.1, -0.05) is 29.8 Å². The van der Waals surface area contributed by atoms with E-state index < -0.39 is 22.6 Å². The van der Waals surface area contributed by atoms with Gasteiger partial charge in [-0.15, -0.1) is 0 Å². The van der Waals surface area contributed by atoms with Gasteiger partial charge >= 0.3 is 5.97 Å². The third-order valence-electron chi connectivity index (χ3n) is 5.59. The van der Waals surface area contributed by atoms with Gasteiger partial charge in [0.15, 0.2) is 6.61 Å². The number of amides is 1. The van der Waals surface area contributed by atoms with Crippen LogP contribution in [0.4, 0.5) is 5.69 Å². The molecule has 1 amide bonds. The standard InChI is InChI=1S/C22H23ClN2O5S/c23-18-10-9-17(14-20(18)31(28,29)24-11-3-4-12-24)22(27)30-15-21(26)25-13-5-7-16-6-1-2-8-19(16)25/h1-2,6,8-10,14H,3-5,7,11-13,15H2. The van der Waals surface area contributed by atoms with Crippen LogP contribution in [0.5, 0.6) is 0 Å². The van der Waals surface area contributed by atoms with Crippen LogP contribution in [0.25, 0.3) is 0 Å². The molecule has 2 aromatic rings. The molecule has 0 saturated carbocycles. The fourth-order valence-electron chi connectivity index (χ4n) is 3.98. The van der Waals surface area contributed by atoms with Gasteiger partial charge < -0.3 is 9.64 Å². The molecule has 2 aromatic carbocycles. The summed E-state index contributed by atoms with van der Waals surface area (Å²) in [5, 5.41) is 0.0458. The highest BCUT2D eigenvalue weighted by Crippen LogP contribution is 2.29. The Balaban J connectivity index is 1.47. The molecule has 0 aromatic heterocycles. The Bertz CT molecular complexity index is 1110. The van der Waals surface area contributed by atoms with E-state index in [4.69, 9.17) is 16.3 Å². The summed E-state index contributed by atoms with van der Waals surface area (Å²) in [6.07, 6.45) is 3.32. The Morgan fingerprint density at radius 2 is 1.74 bits per heavy atom. The second kappa shape index (κ2) is 8.98. The summed E-state index contributed by atoms with van der Waals surface area (Å²) in [6.45, 7) is 0.995. The van der Waals surface area contributed by atoms with Gasteiger partial charge in [0.2, 0.25) is 10.0 Å². The van der Waals surface area contributed by atoms with Crippen LogP contribution in [-0.2, 0) is 26.0 Å². The van der Waals surface area contributed by atoms with Crippen molar-refractivity contribution >= 4 is 39.2 Å². The lowest BCUT2D eigenvalue weighted by Gasteiger charge is -2.29. The number of halogens is 1. The van der Waals surface area contributed by atoms with Crippen molar-refractivity contribution in [2.45, 2.75) is 30.6 Å². The maximum atomic E-state index is 12.8. The Morgan fingerprint density at radius 3 is 2.52 bits per heavy atom. The number of para-hydroxylation sites is 1. The minimum absolute atomic E-state index is 0.0361. The molecule has 0 N–H and O–H groups in total. The minimum atomic E-state index is -3.79. The van der Waals surface area contributed by atoms with Gasteiger partial charge in [0, 0.05) is 25.3 Å². The van der Waals surface area contributed by atoms with Crippen LogP contribution in [0, 0.1) is 0 Å². The Morgan fingerprint density at radius 1 is 1.00 bits per heavy atom. The predicted molar refractivity (Wildman–Crippen MR) is 117 cm³/mol. The van der Waals surface area contributed by atoms with Crippen molar-refractivity contribution in [2.24, 2.45) is 0 Å². The normalized spacial score (nSPS) is 16.7. The summed E-state index contributed by atoms with van der Waals surface area (Å²) in [5.74, 6) is -1.09. The summed E-state index contributed by atoms with van der Waals surface area (Å²) in [7, 11) is -3.79. The molecule has 0 bridgehead atoms. The molecule has 2 heterocycles. The van der Waals surface area contributed by atoms with Crippen molar-refractivity contribution in [2.75, 3.05) is 31.1 Å². The molecule has 7 nitrogen and oxygen atoms in total. The average molecular weight is 463 g/mol. The molecule has 9 heteroatoms. The van der Waals surface area contributed by atoms with Crippen LogP contribution in [-0.4, -0.2) is 50.8 Å². The molecule has 164 valence electrons. The summed E-state index contributed by atoms with van der Waals surface area (Å²) in [5.41, 5.74) is 1.96. The van der Waals surface area contributed by atoms with Gasteiger partial charge in [0.1, 0.15) is 4.90 Å². The molecule has 1 saturated heterocycles. The third-order valence-corrected chi connectivity index (χ3v) is 7.97. The molecule has 31 heavy (non-hydrogen) atoms. The highest BCUT2D eigenvalue weighted by Gasteiger charge is 2.30. The molecule has 0 spiro atoms. The number of hydrogen-bond donors (Lipinski definition) is 0. The third kappa shape index (κ3) is 4.46. The van der Waals surface area contributed by atoms with Gasteiger partial charge in [-0.2, -0.15) is 4.31 Å². The molecule has 0 unspecified atom stereocenters. The first-order valence-corrected chi connectivity index (χ1v) is 12.0. The largest absolute Gasteiger partial charge is 0.452 e. The van der Waals surface area contributed by atoms with Gasteiger partial charge in [0.25, 0.3) is 5.91 Å². The molecule has 2 aliphatic rings. The molecule has 1 fully saturated rings. The summed E-state index contributed by atoms with van der Waals surface area (Å²) in [4.78, 5) is 26.7. The monoisotopic (exact) mass is 462 g/mol. The quantitative estimate of drug-likeness (QED) is 0.637. The maximum absolute atomic E-state index is 12.8. The molecule has 0 atom stereocenters. The number of sulfonamides is 1. The summed E-state index contributed by atoms with van der Waals surface area (Å²) >= 11 is 6.12. The van der Waals surface area contributed by atoms with E-state index in [1.54, 1.807) is 4.90 Å². The molecule has 2 aliphatic heterocycles. The van der Waals surface area contributed by atoms with Gasteiger partial charge in [-0.3, -0.25) is 4.79 Å². The number of carbonyl (C=O) groups is 2. The molecule has 4 rings (SSSR count). The number of benzene rings is 2. The van der Waals surface area contributed by atoms with Gasteiger partial charge in [-0.05, 0) is 55.5 Å². The molecular weight excluding hydrogens is 440 g/mol. The maximum Gasteiger partial charge on any atom is 0.338 e.